The van der Waals surface area contributed by atoms with E-state index >= 15 is 0 Å². The van der Waals surface area contributed by atoms with Gasteiger partial charge in [-0.1, -0.05) is 20.3 Å². The molecule has 0 radical (unpaired) electrons. The molecule has 0 aromatic rings. The van der Waals surface area contributed by atoms with E-state index in [1.807, 2.05) is 13.8 Å². The highest BCUT2D eigenvalue weighted by Gasteiger charge is 2.41. The van der Waals surface area contributed by atoms with Gasteiger partial charge in [-0.05, 0) is 46.2 Å². The topological polar surface area (TPSA) is 15.3 Å². The van der Waals surface area contributed by atoms with E-state index in [1.165, 1.54) is 45.3 Å². The lowest BCUT2D eigenvalue weighted by Crippen LogP contribution is -2.55. The molecule has 1 N–H and O–H groups in total. The van der Waals surface area contributed by atoms with Crippen LogP contribution >= 0.6 is 0 Å². The van der Waals surface area contributed by atoms with Crippen LogP contribution in [0.1, 0.15) is 53.4 Å². The van der Waals surface area contributed by atoms with E-state index in [-0.39, 0.29) is 0 Å². The molecule has 2 saturated heterocycles. The molecule has 15 heavy (non-hydrogen) atoms. The fourth-order valence-corrected chi connectivity index (χ4v) is 3.11. The number of nitrogens with zero attached hydrogens (tertiary/aromatic N) is 1. The Balaban J connectivity index is 0.000000531. The molecule has 2 heteroatoms. The lowest BCUT2D eigenvalue weighted by molar-refractivity contribution is 0.0338. The van der Waals surface area contributed by atoms with Crippen molar-refractivity contribution in [2.24, 2.45) is 0 Å². The molecule has 0 amide bonds. The molecule has 1 atom stereocenters. The zero-order chi connectivity index (χ0) is 11.3. The Morgan fingerprint density at radius 2 is 1.87 bits per heavy atom. The van der Waals surface area contributed by atoms with Gasteiger partial charge in [-0.15, -0.1) is 0 Å². The summed E-state index contributed by atoms with van der Waals surface area (Å²) >= 11 is 0. The summed E-state index contributed by atoms with van der Waals surface area (Å²) in [6, 6.07) is 0.722. The van der Waals surface area contributed by atoms with E-state index in [0.29, 0.717) is 5.54 Å². The van der Waals surface area contributed by atoms with Crippen LogP contribution in [-0.2, 0) is 0 Å². The zero-order valence-electron chi connectivity index (χ0n) is 11.0. The maximum Gasteiger partial charge on any atom is 0.0348 e. The van der Waals surface area contributed by atoms with E-state index in [0.717, 1.165) is 6.04 Å². The lowest BCUT2D eigenvalue weighted by atomic mass is 9.85. The third-order valence-corrected chi connectivity index (χ3v) is 3.74. The van der Waals surface area contributed by atoms with Crippen LogP contribution in [0.4, 0.5) is 0 Å². The Kier molecular flexibility index (Phi) is 5.07. The van der Waals surface area contributed by atoms with E-state index in [1.54, 1.807) is 0 Å². The monoisotopic (exact) mass is 212 g/mol. The Labute approximate surface area is 95.4 Å². The Hall–Kier alpha value is -0.0800. The molecule has 0 aliphatic carbocycles. The first-order chi connectivity index (χ1) is 7.25. The summed E-state index contributed by atoms with van der Waals surface area (Å²) in [5.41, 5.74) is 0.534. The van der Waals surface area contributed by atoms with Gasteiger partial charge in [0.2, 0.25) is 0 Å². The van der Waals surface area contributed by atoms with Gasteiger partial charge in [0.1, 0.15) is 0 Å². The standard InChI is InChI=1S/C11H22N2.C2H6/c1-10(2)13-8-4-3-5-11(13)6-7-12-9-11;1-2/h10,12H,3-9H2,1-2H3;1-2H3. The van der Waals surface area contributed by atoms with Gasteiger partial charge in [-0.25, -0.2) is 0 Å². The van der Waals surface area contributed by atoms with Crippen molar-refractivity contribution in [3.63, 3.8) is 0 Å². The first-order valence-corrected chi connectivity index (χ1v) is 6.72. The van der Waals surface area contributed by atoms with Crippen molar-refractivity contribution in [1.82, 2.24) is 10.2 Å². The van der Waals surface area contributed by atoms with Crippen molar-refractivity contribution >= 4 is 0 Å². The van der Waals surface area contributed by atoms with E-state index in [4.69, 9.17) is 0 Å². The zero-order valence-corrected chi connectivity index (χ0v) is 11.0. The second kappa shape index (κ2) is 5.86. The highest BCUT2D eigenvalue weighted by molar-refractivity contribution is 5.00. The predicted molar refractivity (Wildman–Crippen MR) is 67.3 cm³/mol. The van der Waals surface area contributed by atoms with Crippen LogP contribution < -0.4 is 5.32 Å². The number of piperidine rings is 1. The maximum absolute atomic E-state index is 3.53. The first kappa shape index (κ1) is 13.0. The first-order valence-electron chi connectivity index (χ1n) is 6.72. The molecule has 2 aliphatic heterocycles. The van der Waals surface area contributed by atoms with Gasteiger partial charge >= 0.3 is 0 Å². The average Bonchev–Trinajstić information content (AvgIpc) is 2.70. The molecular formula is C13H28N2. The van der Waals surface area contributed by atoms with Crippen LogP contribution in [0, 0.1) is 0 Å². The van der Waals surface area contributed by atoms with Gasteiger partial charge in [-0.2, -0.15) is 0 Å². The summed E-state index contributed by atoms with van der Waals surface area (Å²) in [6.07, 6.45) is 5.62. The molecule has 2 rings (SSSR count). The Morgan fingerprint density at radius 1 is 1.13 bits per heavy atom. The molecule has 0 bridgehead atoms. The van der Waals surface area contributed by atoms with Gasteiger partial charge in [0.25, 0.3) is 0 Å². The SMILES string of the molecule is CC.CC(C)N1CCCCC12CCNC2. The molecule has 90 valence electrons. The van der Waals surface area contributed by atoms with E-state index < -0.39 is 0 Å². The fraction of sp³-hybridized carbons (Fsp3) is 1.00. The summed E-state index contributed by atoms with van der Waals surface area (Å²) in [7, 11) is 0. The molecule has 0 aromatic heterocycles. The highest BCUT2D eigenvalue weighted by Crippen LogP contribution is 2.34. The van der Waals surface area contributed by atoms with Gasteiger partial charge in [0.15, 0.2) is 0 Å². The van der Waals surface area contributed by atoms with Gasteiger partial charge in [0, 0.05) is 18.1 Å². The second-order valence-corrected chi connectivity index (χ2v) is 4.90. The molecule has 2 aliphatic rings. The van der Waals surface area contributed by atoms with Crippen LogP contribution in [0.3, 0.4) is 0 Å². The minimum atomic E-state index is 0.534. The number of likely N-dealkylation sites (tertiary alicyclic amines) is 1. The van der Waals surface area contributed by atoms with Gasteiger partial charge < -0.3 is 5.32 Å². The molecule has 0 aromatic carbocycles. The normalized spacial score (nSPS) is 31.8. The molecule has 1 spiro atoms. The smallest absolute Gasteiger partial charge is 0.0348 e. The molecular weight excluding hydrogens is 184 g/mol. The molecule has 2 fully saturated rings. The van der Waals surface area contributed by atoms with E-state index in [2.05, 4.69) is 24.1 Å². The number of hydrogen-bond donors (Lipinski definition) is 1. The minimum Gasteiger partial charge on any atom is -0.315 e. The van der Waals surface area contributed by atoms with Crippen molar-refractivity contribution < 1.29 is 0 Å². The van der Waals surface area contributed by atoms with Crippen molar-refractivity contribution in [3.05, 3.63) is 0 Å². The minimum absolute atomic E-state index is 0.534. The van der Waals surface area contributed by atoms with Crippen LogP contribution in [0.15, 0.2) is 0 Å². The third kappa shape index (κ3) is 2.73. The van der Waals surface area contributed by atoms with Crippen molar-refractivity contribution in [3.8, 4) is 0 Å². The lowest BCUT2D eigenvalue weighted by Gasteiger charge is -2.47. The summed E-state index contributed by atoms with van der Waals surface area (Å²) < 4.78 is 0. The van der Waals surface area contributed by atoms with E-state index in [9.17, 15) is 0 Å². The highest BCUT2D eigenvalue weighted by atomic mass is 15.3. The van der Waals surface area contributed by atoms with Crippen LogP contribution in [0.5, 0.6) is 0 Å². The summed E-state index contributed by atoms with van der Waals surface area (Å²) in [4.78, 5) is 2.73. The quantitative estimate of drug-likeness (QED) is 0.719. The molecule has 2 heterocycles. The molecule has 1 unspecified atom stereocenters. The van der Waals surface area contributed by atoms with Crippen molar-refractivity contribution in [2.75, 3.05) is 19.6 Å². The van der Waals surface area contributed by atoms with Gasteiger partial charge in [0.05, 0.1) is 0 Å². The number of hydrogen-bond acceptors (Lipinski definition) is 2. The summed E-state index contributed by atoms with van der Waals surface area (Å²) in [5, 5.41) is 3.53. The van der Waals surface area contributed by atoms with Crippen LogP contribution in [0.2, 0.25) is 0 Å². The summed E-state index contributed by atoms with van der Waals surface area (Å²) in [5.74, 6) is 0. The van der Waals surface area contributed by atoms with Gasteiger partial charge in [-0.3, -0.25) is 4.90 Å². The van der Waals surface area contributed by atoms with Crippen molar-refractivity contribution in [2.45, 2.75) is 65.0 Å². The van der Waals surface area contributed by atoms with Crippen LogP contribution in [0.25, 0.3) is 0 Å². The fourth-order valence-electron chi connectivity index (χ4n) is 3.11. The van der Waals surface area contributed by atoms with Crippen LogP contribution in [-0.4, -0.2) is 36.1 Å². The molecule has 2 nitrogen and oxygen atoms in total. The average molecular weight is 212 g/mol. The summed E-state index contributed by atoms with van der Waals surface area (Å²) in [6.45, 7) is 12.4. The number of nitrogens with one attached hydrogen (secondary N) is 1. The third-order valence-electron chi connectivity index (χ3n) is 3.74. The Bertz CT molecular complexity index is 171. The largest absolute Gasteiger partial charge is 0.315 e. The maximum atomic E-state index is 3.53. The number of rotatable bonds is 1. The second-order valence-electron chi connectivity index (χ2n) is 4.90. The predicted octanol–water partition coefficient (Wildman–Crippen LogP) is 2.64. The Morgan fingerprint density at radius 3 is 2.40 bits per heavy atom. The van der Waals surface area contributed by atoms with Crippen molar-refractivity contribution in [1.29, 1.82) is 0 Å². The molecule has 0 saturated carbocycles.